The zero-order valence-electron chi connectivity index (χ0n) is 8.32. The van der Waals surface area contributed by atoms with Gasteiger partial charge >= 0.3 is 0 Å². The molecule has 0 aromatic carbocycles. The molecule has 0 saturated carbocycles. The van der Waals surface area contributed by atoms with Crippen molar-refractivity contribution in [2.24, 2.45) is 0 Å². The zero-order valence-corrected chi connectivity index (χ0v) is 8.32. The number of hydrogen-bond acceptors (Lipinski definition) is 4. The molecule has 13 heavy (non-hydrogen) atoms. The molecule has 4 heteroatoms. The van der Waals surface area contributed by atoms with Gasteiger partial charge in [0.25, 0.3) is 0 Å². The molecule has 0 radical (unpaired) electrons. The average molecular weight is 188 g/mol. The molecule has 2 N–H and O–H groups in total. The molecular weight excluding hydrogens is 168 g/mol. The van der Waals surface area contributed by atoms with E-state index in [0.29, 0.717) is 6.42 Å². The normalized spacial score (nSPS) is 23.3. The van der Waals surface area contributed by atoms with Crippen LogP contribution in [-0.4, -0.2) is 72.5 Å². The number of nitrogens with zero attached hydrogens (tertiary/aromatic N) is 2. The summed E-state index contributed by atoms with van der Waals surface area (Å²) in [7, 11) is 2.11. The Kier molecular flexibility index (Phi) is 4.66. The Labute approximate surface area is 79.8 Å². The van der Waals surface area contributed by atoms with Gasteiger partial charge in [-0.2, -0.15) is 0 Å². The number of likely N-dealkylation sites (N-methyl/N-ethyl adjacent to an activating group) is 1. The van der Waals surface area contributed by atoms with Gasteiger partial charge in [-0.1, -0.05) is 0 Å². The first-order valence-corrected chi connectivity index (χ1v) is 4.92. The number of piperazine rings is 1. The van der Waals surface area contributed by atoms with Gasteiger partial charge in [0.15, 0.2) is 0 Å². The van der Waals surface area contributed by atoms with Gasteiger partial charge in [0.05, 0.1) is 6.61 Å². The Bertz CT molecular complexity index is 136. The minimum absolute atomic E-state index is 0.152. The molecule has 1 rings (SSSR count). The summed E-state index contributed by atoms with van der Waals surface area (Å²) < 4.78 is 0. The molecule has 1 fully saturated rings. The molecule has 0 aliphatic carbocycles. The maximum atomic E-state index is 9.11. The zero-order chi connectivity index (χ0) is 9.68. The fraction of sp³-hybridized carbons (Fsp3) is 1.00. The van der Waals surface area contributed by atoms with Gasteiger partial charge in [0, 0.05) is 38.8 Å². The maximum absolute atomic E-state index is 9.11. The highest BCUT2D eigenvalue weighted by Crippen LogP contribution is 2.07. The third kappa shape index (κ3) is 3.23. The largest absolute Gasteiger partial charge is 0.396 e. The second-order valence-electron chi connectivity index (χ2n) is 3.69. The first-order chi connectivity index (χ1) is 6.27. The smallest absolute Gasteiger partial charge is 0.0587 e. The summed E-state index contributed by atoms with van der Waals surface area (Å²) in [6.07, 6.45) is 0.681. The highest BCUT2D eigenvalue weighted by molar-refractivity contribution is 4.76. The van der Waals surface area contributed by atoms with Crippen molar-refractivity contribution in [3.05, 3.63) is 0 Å². The molecule has 0 spiro atoms. The van der Waals surface area contributed by atoms with Crippen LogP contribution in [0.4, 0.5) is 0 Å². The van der Waals surface area contributed by atoms with E-state index in [1.807, 2.05) is 0 Å². The predicted octanol–water partition coefficient (Wildman–Crippen LogP) is -1.02. The van der Waals surface area contributed by atoms with Crippen molar-refractivity contribution in [1.82, 2.24) is 9.80 Å². The average Bonchev–Trinajstić information content (AvgIpc) is 2.16. The van der Waals surface area contributed by atoms with Crippen molar-refractivity contribution in [1.29, 1.82) is 0 Å². The van der Waals surface area contributed by atoms with E-state index in [9.17, 15) is 0 Å². The van der Waals surface area contributed by atoms with Crippen molar-refractivity contribution in [2.75, 3.05) is 46.4 Å². The summed E-state index contributed by atoms with van der Waals surface area (Å²) in [4.78, 5) is 4.54. The van der Waals surface area contributed by atoms with E-state index in [1.54, 1.807) is 0 Å². The number of rotatable bonds is 4. The van der Waals surface area contributed by atoms with Crippen molar-refractivity contribution in [2.45, 2.75) is 12.5 Å². The summed E-state index contributed by atoms with van der Waals surface area (Å²) in [6.45, 7) is 4.44. The molecular formula is C9H20N2O2. The van der Waals surface area contributed by atoms with E-state index < -0.39 is 0 Å². The van der Waals surface area contributed by atoms with Crippen LogP contribution >= 0.6 is 0 Å². The molecule has 0 aromatic heterocycles. The third-order valence-corrected chi connectivity index (χ3v) is 2.73. The van der Waals surface area contributed by atoms with Crippen LogP contribution in [0.15, 0.2) is 0 Å². The molecule has 1 aliphatic rings. The third-order valence-electron chi connectivity index (χ3n) is 2.73. The Hall–Kier alpha value is -0.160. The van der Waals surface area contributed by atoms with E-state index in [1.165, 1.54) is 0 Å². The van der Waals surface area contributed by atoms with Crippen LogP contribution in [0.1, 0.15) is 6.42 Å². The van der Waals surface area contributed by atoms with Gasteiger partial charge < -0.3 is 15.1 Å². The predicted molar refractivity (Wildman–Crippen MR) is 51.6 cm³/mol. The van der Waals surface area contributed by atoms with Crippen LogP contribution in [0.25, 0.3) is 0 Å². The van der Waals surface area contributed by atoms with Gasteiger partial charge in [-0.05, 0) is 13.5 Å². The van der Waals surface area contributed by atoms with E-state index in [-0.39, 0.29) is 19.3 Å². The molecule has 1 aliphatic heterocycles. The number of hydrogen-bond donors (Lipinski definition) is 2. The standard InChI is InChI=1S/C9H20N2O2/c1-10-3-5-11(6-4-10)9(8-13)2-7-12/h9,12-13H,2-8H2,1H3. The van der Waals surface area contributed by atoms with Crippen molar-refractivity contribution < 1.29 is 10.2 Å². The second kappa shape index (κ2) is 5.54. The Morgan fingerprint density at radius 2 is 1.77 bits per heavy atom. The molecule has 1 saturated heterocycles. The first-order valence-electron chi connectivity index (χ1n) is 4.92. The van der Waals surface area contributed by atoms with Gasteiger partial charge in [0.2, 0.25) is 0 Å². The van der Waals surface area contributed by atoms with Crippen LogP contribution in [-0.2, 0) is 0 Å². The Morgan fingerprint density at radius 1 is 1.15 bits per heavy atom. The summed E-state index contributed by atoms with van der Waals surface area (Å²) in [5.41, 5.74) is 0. The quantitative estimate of drug-likeness (QED) is 0.593. The fourth-order valence-electron chi connectivity index (χ4n) is 1.73. The monoisotopic (exact) mass is 188 g/mol. The van der Waals surface area contributed by atoms with Gasteiger partial charge in [0.1, 0.15) is 0 Å². The van der Waals surface area contributed by atoms with E-state index in [0.717, 1.165) is 26.2 Å². The topological polar surface area (TPSA) is 46.9 Å². The minimum atomic E-state index is 0.152. The van der Waals surface area contributed by atoms with E-state index >= 15 is 0 Å². The number of aliphatic hydroxyl groups is 2. The lowest BCUT2D eigenvalue weighted by atomic mass is 10.1. The van der Waals surface area contributed by atoms with Gasteiger partial charge in [-0.15, -0.1) is 0 Å². The molecule has 78 valence electrons. The fourth-order valence-corrected chi connectivity index (χ4v) is 1.73. The van der Waals surface area contributed by atoms with E-state index in [2.05, 4.69) is 16.8 Å². The lowest BCUT2D eigenvalue weighted by Crippen LogP contribution is -2.50. The lowest BCUT2D eigenvalue weighted by Gasteiger charge is -2.37. The van der Waals surface area contributed by atoms with Crippen molar-refractivity contribution in [3.8, 4) is 0 Å². The van der Waals surface area contributed by atoms with E-state index in [4.69, 9.17) is 10.2 Å². The molecule has 0 bridgehead atoms. The van der Waals surface area contributed by atoms with Crippen LogP contribution in [0.3, 0.4) is 0 Å². The summed E-state index contributed by atoms with van der Waals surface area (Å²) in [5.74, 6) is 0. The molecule has 1 heterocycles. The van der Waals surface area contributed by atoms with Gasteiger partial charge in [-0.3, -0.25) is 4.90 Å². The van der Waals surface area contributed by atoms with Crippen LogP contribution in [0, 0.1) is 0 Å². The highest BCUT2D eigenvalue weighted by Gasteiger charge is 2.20. The Morgan fingerprint density at radius 3 is 2.23 bits per heavy atom. The molecule has 4 nitrogen and oxygen atoms in total. The van der Waals surface area contributed by atoms with Crippen LogP contribution in [0.2, 0.25) is 0 Å². The second-order valence-corrected chi connectivity index (χ2v) is 3.69. The highest BCUT2D eigenvalue weighted by atomic mass is 16.3. The molecule has 1 unspecified atom stereocenters. The lowest BCUT2D eigenvalue weighted by molar-refractivity contribution is 0.0607. The molecule has 1 atom stereocenters. The van der Waals surface area contributed by atoms with Crippen molar-refractivity contribution >= 4 is 0 Å². The molecule has 0 amide bonds. The number of aliphatic hydroxyl groups excluding tert-OH is 2. The summed E-state index contributed by atoms with van der Waals surface area (Å²) >= 11 is 0. The summed E-state index contributed by atoms with van der Waals surface area (Å²) in [5, 5.41) is 17.9. The first kappa shape index (κ1) is 10.9. The summed E-state index contributed by atoms with van der Waals surface area (Å²) in [6, 6.07) is 0.152. The minimum Gasteiger partial charge on any atom is -0.396 e. The van der Waals surface area contributed by atoms with Crippen LogP contribution < -0.4 is 0 Å². The molecule has 0 aromatic rings. The van der Waals surface area contributed by atoms with Crippen molar-refractivity contribution in [3.63, 3.8) is 0 Å². The maximum Gasteiger partial charge on any atom is 0.0587 e. The SMILES string of the molecule is CN1CCN(C(CO)CCO)CC1. The Balaban J connectivity index is 2.32. The van der Waals surface area contributed by atoms with Crippen LogP contribution in [0.5, 0.6) is 0 Å². The van der Waals surface area contributed by atoms with Gasteiger partial charge in [-0.25, -0.2) is 0 Å².